The van der Waals surface area contributed by atoms with Crippen LogP contribution in [0.4, 0.5) is 0 Å². The molecule has 1 aliphatic carbocycles. The zero-order valence-corrected chi connectivity index (χ0v) is 18.4. The molecule has 2 fully saturated rings. The van der Waals surface area contributed by atoms with Gasteiger partial charge in [0, 0.05) is 24.7 Å². The normalized spacial score (nSPS) is 20.8. The topological polar surface area (TPSA) is 94.2 Å². The number of nitrogens with one attached hydrogen (secondary N) is 1. The highest BCUT2D eigenvalue weighted by Crippen LogP contribution is 2.30. The lowest BCUT2D eigenvalue weighted by molar-refractivity contribution is -0.145. The number of rotatable bonds is 8. The van der Waals surface area contributed by atoms with Crippen LogP contribution in [-0.2, 0) is 14.3 Å². The number of esters is 1. The lowest BCUT2D eigenvalue weighted by atomic mass is 10.0. The van der Waals surface area contributed by atoms with Crippen molar-refractivity contribution < 1.29 is 28.6 Å². The van der Waals surface area contributed by atoms with Crippen LogP contribution in [-0.4, -0.2) is 62.1 Å². The monoisotopic (exact) mass is 432 g/mol. The summed E-state index contributed by atoms with van der Waals surface area (Å²) in [5.41, 5.74) is 0.411. The maximum atomic E-state index is 12.8. The summed E-state index contributed by atoms with van der Waals surface area (Å²) in [7, 11) is 1.36. The van der Waals surface area contributed by atoms with Crippen LogP contribution in [0.1, 0.15) is 55.8 Å². The summed E-state index contributed by atoms with van der Waals surface area (Å²) in [5.74, 6) is -0.0880. The third kappa shape index (κ3) is 5.89. The molecule has 8 heteroatoms. The fourth-order valence-corrected chi connectivity index (χ4v) is 4.23. The highest BCUT2D eigenvalue weighted by Gasteiger charge is 2.35. The Balaban J connectivity index is 1.64. The molecule has 1 aliphatic heterocycles. The van der Waals surface area contributed by atoms with Gasteiger partial charge in [-0.05, 0) is 57.2 Å². The van der Waals surface area contributed by atoms with Crippen molar-refractivity contribution >= 4 is 17.8 Å². The second kappa shape index (κ2) is 11.0. The summed E-state index contributed by atoms with van der Waals surface area (Å²) in [4.78, 5) is 38.9. The van der Waals surface area contributed by atoms with Crippen LogP contribution in [0.3, 0.4) is 0 Å². The number of amides is 2. The lowest BCUT2D eigenvalue weighted by Crippen LogP contribution is -2.40. The van der Waals surface area contributed by atoms with E-state index < -0.39 is 0 Å². The van der Waals surface area contributed by atoms with Gasteiger partial charge in [-0.15, -0.1) is 0 Å². The highest BCUT2D eigenvalue weighted by atomic mass is 16.5. The van der Waals surface area contributed by atoms with E-state index in [9.17, 15) is 14.4 Å². The van der Waals surface area contributed by atoms with Crippen molar-refractivity contribution in [2.24, 2.45) is 5.92 Å². The number of piperidine rings is 1. The molecule has 1 aromatic carbocycles. The van der Waals surface area contributed by atoms with Crippen molar-refractivity contribution in [3.8, 4) is 11.5 Å². The maximum Gasteiger partial charge on any atom is 0.310 e. The van der Waals surface area contributed by atoms with Gasteiger partial charge in [-0.1, -0.05) is 6.42 Å². The molecule has 8 nitrogen and oxygen atoms in total. The second-order valence-electron chi connectivity index (χ2n) is 7.97. The molecule has 2 atom stereocenters. The van der Waals surface area contributed by atoms with Gasteiger partial charge in [-0.2, -0.15) is 0 Å². The van der Waals surface area contributed by atoms with Gasteiger partial charge in [0.25, 0.3) is 11.8 Å². The second-order valence-corrected chi connectivity index (χ2v) is 7.97. The molecule has 0 spiro atoms. The first-order valence-electron chi connectivity index (χ1n) is 11.1. The van der Waals surface area contributed by atoms with E-state index >= 15 is 0 Å². The maximum absolute atomic E-state index is 12.8. The number of carbonyl (C=O) groups excluding carboxylic acids is 3. The average molecular weight is 433 g/mol. The molecule has 1 aromatic rings. The molecular formula is C23H32N2O6. The molecule has 0 unspecified atom stereocenters. The van der Waals surface area contributed by atoms with Gasteiger partial charge in [-0.3, -0.25) is 14.4 Å². The minimum Gasteiger partial charge on any atom is -0.490 e. The van der Waals surface area contributed by atoms with E-state index in [0.29, 0.717) is 30.1 Å². The van der Waals surface area contributed by atoms with Gasteiger partial charge in [0.2, 0.25) is 0 Å². The van der Waals surface area contributed by atoms with Gasteiger partial charge >= 0.3 is 5.97 Å². The predicted molar refractivity (Wildman–Crippen MR) is 114 cm³/mol. The minimum atomic E-state index is -0.316. The Morgan fingerprint density at radius 1 is 1.03 bits per heavy atom. The van der Waals surface area contributed by atoms with E-state index in [1.807, 2.05) is 11.8 Å². The summed E-state index contributed by atoms with van der Waals surface area (Å²) in [6.45, 7) is 3.72. The van der Waals surface area contributed by atoms with Gasteiger partial charge in [0.1, 0.15) is 0 Å². The number of methoxy groups -OCH3 is 1. The number of nitrogens with zero attached hydrogens (tertiary/aromatic N) is 1. The van der Waals surface area contributed by atoms with E-state index in [1.54, 1.807) is 18.2 Å². The summed E-state index contributed by atoms with van der Waals surface area (Å²) >= 11 is 0. The Bertz CT molecular complexity index is 790. The lowest BCUT2D eigenvalue weighted by Gasteiger charge is -2.26. The summed E-state index contributed by atoms with van der Waals surface area (Å²) < 4.78 is 16.2. The van der Waals surface area contributed by atoms with Gasteiger partial charge in [-0.25, -0.2) is 0 Å². The van der Waals surface area contributed by atoms with E-state index in [4.69, 9.17) is 14.2 Å². The van der Waals surface area contributed by atoms with Crippen LogP contribution in [0.25, 0.3) is 0 Å². The molecule has 1 saturated heterocycles. The standard InChI is InChI=1S/C23H32N2O6/c1-3-30-20-14-16(22(27)24-18-9-7-8-17(18)23(28)29-2)10-11-19(20)31-15-21(26)25-12-5-4-6-13-25/h10-11,14,17-18H,3-9,12-13,15H2,1-2H3,(H,24,27)/t17-,18-/m1/s1. The van der Waals surface area contributed by atoms with Crippen LogP contribution in [0.15, 0.2) is 18.2 Å². The van der Waals surface area contributed by atoms with Crippen molar-refractivity contribution in [3.63, 3.8) is 0 Å². The highest BCUT2D eigenvalue weighted by molar-refractivity contribution is 5.95. The Morgan fingerprint density at radius 2 is 1.81 bits per heavy atom. The quantitative estimate of drug-likeness (QED) is 0.635. The first kappa shape index (κ1) is 22.9. The Kier molecular flexibility index (Phi) is 8.14. The van der Waals surface area contributed by atoms with Crippen LogP contribution in [0.5, 0.6) is 11.5 Å². The molecule has 0 radical (unpaired) electrons. The zero-order valence-electron chi connectivity index (χ0n) is 18.4. The number of ether oxygens (including phenoxy) is 3. The number of hydrogen-bond acceptors (Lipinski definition) is 6. The molecule has 3 rings (SSSR count). The Morgan fingerprint density at radius 3 is 2.52 bits per heavy atom. The number of carbonyl (C=O) groups is 3. The average Bonchev–Trinajstić information content (AvgIpc) is 3.26. The summed E-state index contributed by atoms with van der Waals surface area (Å²) in [6, 6.07) is 4.66. The van der Waals surface area contributed by atoms with Crippen LogP contribution in [0, 0.1) is 5.92 Å². The predicted octanol–water partition coefficient (Wildman–Crippen LogP) is 2.55. The van der Waals surface area contributed by atoms with E-state index in [2.05, 4.69) is 5.32 Å². The SMILES string of the molecule is CCOc1cc(C(=O)N[C@@H]2CCC[C@H]2C(=O)OC)ccc1OCC(=O)N1CCCCC1. The van der Waals surface area contributed by atoms with Crippen LogP contribution < -0.4 is 14.8 Å². The third-order valence-electron chi connectivity index (χ3n) is 5.90. The molecule has 0 bridgehead atoms. The van der Waals surface area contributed by atoms with Gasteiger partial charge in [0.15, 0.2) is 18.1 Å². The Hall–Kier alpha value is -2.77. The number of hydrogen-bond donors (Lipinski definition) is 1. The molecule has 31 heavy (non-hydrogen) atoms. The molecule has 0 aromatic heterocycles. The van der Waals surface area contributed by atoms with Crippen LogP contribution in [0.2, 0.25) is 0 Å². The first-order valence-corrected chi connectivity index (χ1v) is 11.1. The Labute approximate surface area is 183 Å². The number of benzene rings is 1. The van der Waals surface area contributed by atoms with Crippen molar-refractivity contribution in [2.45, 2.75) is 51.5 Å². The number of likely N-dealkylation sites (tertiary alicyclic amines) is 1. The van der Waals surface area contributed by atoms with E-state index in [-0.39, 0.29) is 36.4 Å². The van der Waals surface area contributed by atoms with Gasteiger partial charge < -0.3 is 24.4 Å². The molecule has 1 heterocycles. The first-order chi connectivity index (χ1) is 15.0. The van der Waals surface area contributed by atoms with Crippen LogP contribution >= 0.6 is 0 Å². The van der Waals surface area contributed by atoms with Crippen molar-refractivity contribution in [3.05, 3.63) is 23.8 Å². The van der Waals surface area contributed by atoms with E-state index in [0.717, 1.165) is 45.2 Å². The molecule has 1 N–H and O–H groups in total. The fraction of sp³-hybridized carbons (Fsp3) is 0.609. The van der Waals surface area contributed by atoms with Crippen molar-refractivity contribution in [1.82, 2.24) is 10.2 Å². The van der Waals surface area contributed by atoms with Gasteiger partial charge in [0.05, 0.1) is 19.6 Å². The van der Waals surface area contributed by atoms with E-state index in [1.165, 1.54) is 7.11 Å². The third-order valence-corrected chi connectivity index (χ3v) is 5.90. The molecule has 2 amide bonds. The van der Waals surface area contributed by atoms with Crippen molar-refractivity contribution in [1.29, 1.82) is 0 Å². The summed E-state index contributed by atoms with van der Waals surface area (Å²) in [6.07, 6.45) is 5.52. The molecule has 170 valence electrons. The molecule has 1 saturated carbocycles. The smallest absolute Gasteiger partial charge is 0.310 e. The minimum absolute atomic E-state index is 0.0425. The fourth-order valence-electron chi connectivity index (χ4n) is 4.23. The van der Waals surface area contributed by atoms with Crippen molar-refractivity contribution in [2.75, 3.05) is 33.4 Å². The molecular weight excluding hydrogens is 400 g/mol. The largest absolute Gasteiger partial charge is 0.490 e. The zero-order chi connectivity index (χ0) is 22.2. The molecule has 2 aliphatic rings. The summed E-state index contributed by atoms with van der Waals surface area (Å²) in [5, 5.41) is 2.95.